The second kappa shape index (κ2) is 3.48. The minimum atomic E-state index is -1.25. The lowest BCUT2D eigenvalue weighted by Crippen LogP contribution is -2.57. The van der Waals surface area contributed by atoms with Crippen molar-refractivity contribution in [2.75, 3.05) is 0 Å². The number of carbonyl (C=O) groups excluding carboxylic acids is 2. The van der Waals surface area contributed by atoms with Crippen molar-refractivity contribution in [2.24, 2.45) is 16.7 Å². The summed E-state index contributed by atoms with van der Waals surface area (Å²) in [5.74, 6) is -0.0574. The lowest BCUT2D eigenvalue weighted by atomic mass is 9.56. The van der Waals surface area contributed by atoms with Crippen LogP contribution in [0.4, 0.5) is 0 Å². The van der Waals surface area contributed by atoms with Gasteiger partial charge in [-0.05, 0) is 24.3 Å². The van der Waals surface area contributed by atoms with Gasteiger partial charge in [0.2, 0.25) is 6.29 Å². The molecule has 3 fully saturated rings. The quantitative estimate of drug-likeness (QED) is 0.436. The van der Waals surface area contributed by atoms with Gasteiger partial charge in [0.15, 0.2) is 5.60 Å². The zero-order valence-corrected chi connectivity index (χ0v) is 11.7. The first-order chi connectivity index (χ1) is 8.83. The first-order valence-electron chi connectivity index (χ1n) is 6.85. The van der Waals surface area contributed by atoms with Crippen LogP contribution in [0.2, 0.25) is 0 Å². The fourth-order valence-corrected chi connectivity index (χ4v) is 4.29. The van der Waals surface area contributed by atoms with Crippen LogP contribution in [-0.4, -0.2) is 24.1 Å². The predicted octanol–water partition coefficient (Wildman–Crippen LogP) is 2.23. The van der Waals surface area contributed by atoms with Crippen molar-refractivity contribution in [3.63, 3.8) is 0 Å². The van der Waals surface area contributed by atoms with Gasteiger partial charge in [0, 0.05) is 17.3 Å². The lowest BCUT2D eigenvalue weighted by molar-refractivity contribution is -0.216. The van der Waals surface area contributed by atoms with Gasteiger partial charge in [-0.2, -0.15) is 0 Å². The van der Waals surface area contributed by atoms with Gasteiger partial charge >= 0.3 is 5.97 Å². The second-order valence-corrected chi connectivity index (χ2v) is 6.59. The molecule has 0 N–H and O–H groups in total. The Morgan fingerprint density at radius 1 is 1.47 bits per heavy atom. The molecule has 4 nitrogen and oxygen atoms in total. The van der Waals surface area contributed by atoms with Gasteiger partial charge in [-0.15, -0.1) is 0 Å². The van der Waals surface area contributed by atoms with E-state index in [9.17, 15) is 9.59 Å². The average Bonchev–Trinajstić information content (AvgIpc) is 2.81. The summed E-state index contributed by atoms with van der Waals surface area (Å²) in [4.78, 5) is 23.2. The summed E-state index contributed by atoms with van der Waals surface area (Å²) in [7, 11) is 0. The number of ether oxygens (including phenoxy) is 2. The zero-order valence-electron chi connectivity index (χ0n) is 11.7. The molecule has 0 radical (unpaired) electrons. The van der Waals surface area contributed by atoms with Crippen molar-refractivity contribution in [2.45, 2.75) is 51.9 Å². The van der Waals surface area contributed by atoms with Gasteiger partial charge in [0.25, 0.3) is 0 Å². The van der Waals surface area contributed by atoms with Gasteiger partial charge in [0.1, 0.15) is 6.29 Å². The monoisotopic (exact) mass is 264 g/mol. The molecule has 1 aliphatic carbocycles. The van der Waals surface area contributed by atoms with Crippen molar-refractivity contribution in [1.29, 1.82) is 0 Å². The van der Waals surface area contributed by atoms with Crippen LogP contribution in [0.5, 0.6) is 0 Å². The fourth-order valence-electron chi connectivity index (χ4n) is 4.29. The van der Waals surface area contributed by atoms with Crippen LogP contribution in [0, 0.1) is 16.7 Å². The van der Waals surface area contributed by atoms with E-state index in [0.29, 0.717) is 5.92 Å². The summed E-state index contributed by atoms with van der Waals surface area (Å²) < 4.78 is 11.4. The normalized spacial score (nSPS) is 51.9. The Balaban J connectivity index is 2.17. The summed E-state index contributed by atoms with van der Waals surface area (Å²) in [6.45, 7) is 10.6. The molecule has 2 aliphatic heterocycles. The Kier molecular flexibility index (Phi) is 2.35. The van der Waals surface area contributed by atoms with E-state index in [2.05, 4.69) is 27.4 Å². The van der Waals surface area contributed by atoms with Crippen LogP contribution in [0.25, 0.3) is 0 Å². The minimum absolute atomic E-state index is 0.00121. The molecule has 0 aromatic carbocycles. The molecule has 19 heavy (non-hydrogen) atoms. The largest absolute Gasteiger partial charge is 0.433 e. The molecule has 104 valence electrons. The van der Waals surface area contributed by atoms with E-state index in [4.69, 9.17) is 9.47 Å². The highest BCUT2D eigenvalue weighted by atomic mass is 16.8. The van der Waals surface area contributed by atoms with E-state index in [0.717, 1.165) is 24.7 Å². The first kappa shape index (κ1) is 12.9. The summed E-state index contributed by atoms with van der Waals surface area (Å²) in [5, 5.41) is 0. The molecule has 1 saturated carbocycles. The molecule has 5 atom stereocenters. The molecule has 3 aliphatic rings. The van der Waals surface area contributed by atoms with E-state index in [1.165, 1.54) is 0 Å². The standard InChI is InChI=1S/C15H20O4/c1-9-5-6-13(3)10(2)15(7-8-16)11(17)18-12(19-15)14(9,13)4/h8-9,12H,2,5-7H2,1,3-4H3/t9-,12+,13+,14-,15-/m1/s1. The molecule has 4 heteroatoms. The molecule has 2 saturated heterocycles. The highest BCUT2D eigenvalue weighted by Crippen LogP contribution is 2.69. The Labute approximate surface area is 113 Å². The van der Waals surface area contributed by atoms with Crippen LogP contribution < -0.4 is 0 Å². The summed E-state index contributed by atoms with van der Waals surface area (Å²) >= 11 is 0. The van der Waals surface area contributed by atoms with Gasteiger partial charge in [0.05, 0.1) is 0 Å². The van der Waals surface area contributed by atoms with E-state index < -0.39 is 17.9 Å². The topological polar surface area (TPSA) is 52.6 Å². The SMILES string of the molecule is C=C1[C@@]2(CC=O)O[C@H](OC2=O)[C@@]2(C)[C@H](C)CC[C@@]12C. The number of rotatable bonds is 2. The predicted molar refractivity (Wildman–Crippen MR) is 68.1 cm³/mol. The van der Waals surface area contributed by atoms with Gasteiger partial charge in [-0.1, -0.05) is 27.4 Å². The van der Waals surface area contributed by atoms with Crippen LogP contribution in [0.15, 0.2) is 12.2 Å². The molecule has 0 unspecified atom stereocenters. The lowest BCUT2D eigenvalue weighted by Gasteiger charge is -2.52. The number of hydrogen-bond acceptors (Lipinski definition) is 4. The van der Waals surface area contributed by atoms with Crippen LogP contribution in [0.3, 0.4) is 0 Å². The summed E-state index contributed by atoms with van der Waals surface area (Å²) in [6.07, 6.45) is 2.18. The number of hydrogen-bond donors (Lipinski definition) is 0. The van der Waals surface area contributed by atoms with Gasteiger partial charge in [-0.25, -0.2) is 4.79 Å². The maximum absolute atomic E-state index is 12.2. The second-order valence-electron chi connectivity index (χ2n) is 6.59. The Bertz CT molecular complexity index is 485. The van der Waals surface area contributed by atoms with E-state index in [1.807, 2.05) is 0 Å². The molecule has 0 aromatic heterocycles. The molecule has 2 heterocycles. The number of carbonyl (C=O) groups is 2. The Hall–Kier alpha value is -1.16. The van der Waals surface area contributed by atoms with Gasteiger partial charge < -0.3 is 14.3 Å². The Morgan fingerprint density at radius 2 is 2.16 bits per heavy atom. The molecule has 0 aromatic rings. The molecular formula is C15H20O4. The molecule has 2 bridgehead atoms. The van der Waals surface area contributed by atoms with Crippen molar-refractivity contribution >= 4 is 12.3 Å². The summed E-state index contributed by atoms with van der Waals surface area (Å²) in [6, 6.07) is 0. The fraction of sp³-hybridized carbons (Fsp3) is 0.733. The van der Waals surface area contributed by atoms with Crippen LogP contribution in [0.1, 0.15) is 40.0 Å². The zero-order chi connectivity index (χ0) is 14.1. The van der Waals surface area contributed by atoms with Crippen LogP contribution >= 0.6 is 0 Å². The van der Waals surface area contributed by atoms with E-state index in [1.54, 1.807) is 0 Å². The molecule has 0 amide bonds. The third-order valence-corrected chi connectivity index (χ3v) is 6.16. The number of fused-ring (bicyclic) bond motifs is 4. The van der Waals surface area contributed by atoms with Crippen molar-refractivity contribution in [1.82, 2.24) is 0 Å². The Morgan fingerprint density at radius 3 is 2.79 bits per heavy atom. The minimum Gasteiger partial charge on any atom is -0.433 e. The smallest absolute Gasteiger partial charge is 0.345 e. The first-order valence-corrected chi connectivity index (χ1v) is 6.85. The van der Waals surface area contributed by atoms with Gasteiger partial charge in [-0.3, -0.25) is 0 Å². The maximum atomic E-state index is 12.2. The van der Waals surface area contributed by atoms with Crippen molar-refractivity contribution in [3.05, 3.63) is 12.2 Å². The molecule has 0 spiro atoms. The number of esters is 1. The third-order valence-electron chi connectivity index (χ3n) is 6.16. The maximum Gasteiger partial charge on any atom is 0.345 e. The summed E-state index contributed by atoms with van der Waals surface area (Å²) in [5.41, 5.74) is -1.00. The highest BCUT2D eigenvalue weighted by Gasteiger charge is 2.73. The number of aldehydes is 1. The average molecular weight is 264 g/mol. The third kappa shape index (κ3) is 1.15. The van der Waals surface area contributed by atoms with E-state index in [-0.39, 0.29) is 17.3 Å². The van der Waals surface area contributed by atoms with Crippen molar-refractivity contribution in [3.8, 4) is 0 Å². The van der Waals surface area contributed by atoms with E-state index >= 15 is 0 Å². The molecular weight excluding hydrogens is 244 g/mol. The van der Waals surface area contributed by atoms with Crippen LogP contribution in [-0.2, 0) is 19.1 Å². The molecule has 3 rings (SSSR count). The van der Waals surface area contributed by atoms with Crippen molar-refractivity contribution < 1.29 is 19.1 Å². The highest BCUT2D eigenvalue weighted by molar-refractivity contribution is 5.89.